The number of benzene rings is 2. The first-order valence-electron chi connectivity index (χ1n) is 9.63. The Labute approximate surface area is 196 Å². The predicted octanol–water partition coefficient (Wildman–Crippen LogP) is 2.41. The fourth-order valence-electron chi connectivity index (χ4n) is 3.20. The lowest BCUT2D eigenvalue weighted by atomic mass is 9.82. The van der Waals surface area contributed by atoms with E-state index in [1.165, 1.54) is 0 Å². The minimum Gasteiger partial charge on any atom is -0.726 e. The van der Waals surface area contributed by atoms with Crippen LogP contribution in [0.5, 0.6) is 0 Å². The van der Waals surface area contributed by atoms with E-state index in [0.717, 1.165) is 24.6 Å². The smallest absolute Gasteiger partial charge is 0.217 e. The van der Waals surface area contributed by atoms with Crippen LogP contribution in [0.2, 0.25) is 0 Å². The van der Waals surface area contributed by atoms with Crippen LogP contribution in [0.1, 0.15) is 38.3 Å². The van der Waals surface area contributed by atoms with Gasteiger partial charge in [0.15, 0.2) is 11.6 Å². The highest BCUT2D eigenvalue weighted by molar-refractivity contribution is 9.10. The SMILES string of the molecule is COS(=O)(=O)[O-].C[N+](C)(C)CCCNc1cc(Br)c(N)c2c1C(=O)c1ccccc1C2=O. The highest BCUT2D eigenvalue weighted by atomic mass is 79.9. The molecule has 0 atom stereocenters. The molecular formula is C21H26BrN3O6S. The molecule has 0 bridgehead atoms. The van der Waals surface area contributed by atoms with Gasteiger partial charge in [0.2, 0.25) is 10.4 Å². The van der Waals surface area contributed by atoms with E-state index in [4.69, 9.17) is 5.73 Å². The number of nitrogens with zero attached hydrogens (tertiary/aromatic N) is 1. The standard InChI is InChI=1S/C20H22BrN3O2.CH4O4S/c1-24(2,3)10-6-9-23-15-11-14(21)18(22)17-16(15)19(25)12-7-4-5-8-13(12)20(17)26;1-5-6(2,3)4/h4-5,7-8,11H,6,9-10H2,1-3H3,(H2-,22,23,25,26);1H3,(H,2,3,4). The number of nitrogen functional groups attached to an aromatic ring is 1. The maximum absolute atomic E-state index is 13.1. The molecule has 1 aliphatic carbocycles. The second kappa shape index (κ2) is 10.1. The molecule has 0 unspecified atom stereocenters. The van der Waals surface area contributed by atoms with Gasteiger partial charge in [0.1, 0.15) is 0 Å². The highest BCUT2D eigenvalue weighted by Gasteiger charge is 2.34. The molecule has 0 spiro atoms. The summed E-state index contributed by atoms with van der Waals surface area (Å²) in [7, 11) is 2.81. The van der Waals surface area contributed by atoms with Crippen molar-refractivity contribution in [3.8, 4) is 0 Å². The third-order valence-electron chi connectivity index (χ3n) is 4.71. The van der Waals surface area contributed by atoms with Crippen molar-refractivity contribution in [1.29, 1.82) is 0 Å². The van der Waals surface area contributed by atoms with Crippen molar-refractivity contribution in [2.75, 3.05) is 52.4 Å². The molecule has 3 N–H and O–H groups in total. The van der Waals surface area contributed by atoms with Gasteiger partial charge in [-0.15, -0.1) is 0 Å². The van der Waals surface area contributed by atoms with Gasteiger partial charge in [0.25, 0.3) is 0 Å². The molecule has 9 nitrogen and oxygen atoms in total. The molecule has 32 heavy (non-hydrogen) atoms. The highest BCUT2D eigenvalue weighted by Crippen LogP contribution is 2.39. The third-order valence-corrected chi connectivity index (χ3v) is 5.78. The topological polar surface area (TPSA) is 139 Å². The number of ketones is 2. The summed E-state index contributed by atoms with van der Waals surface area (Å²) in [4.78, 5) is 26.0. The number of hydrogen-bond acceptors (Lipinski definition) is 8. The Morgan fingerprint density at radius 2 is 1.59 bits per heavy atom. The van der Waals surface area contributed by atoms with Crippen molar-refractivity contribution in [3.05, 3.63) is 57.1 Å². The van der Waals surface area contributed by atoms with E-state index in [1.807, 2.05) is 0 Å². The molecule has 2 aromatic rings. The van der Waals surface area contributed by atoms with Crippen molar-refractivity contribution < 1.29 is 31.2 Å². The van der Waals surface area contributed by atoms with Gasteiger partial charge in [-0.3, -0.25) is 13.8 Å². The maximum Gasteiger partial charge on any atom is 0.217 e. The Morgan fingerprint density at radius 3 is 2.06 bits per heavy atom. The summed E-state index contributed by atoms with van der Waals surface area (Å²) in [6.45, 7) is 1.71. The van der Waals surface area contributed by atoms with E-state index < -0.39 is 10.4 Å². The minimum atomic E-state index is -4.41. The van der Waals surface area contributed by atoms with Gasteiger partial charge in [-0.25, -0.2) is 8.42 Å². The van der Waals surface area contributed by atoms with Crippen LogP contribution < -0.4 is 11.1 Å². The van der Waals surface area contributed by atoms with Crippen LogP contribution in [-0.4, -0.2) is 70.4 Å². The van der Waals surface area contributed by atoms with E-state index >= 15 is 0 Å². The monoisotopic (exact) mass is 527 g/mol. The van der Waals surface area contributed by atoms with E-state index in [9.17, 15) is 22.6 Å². The summed E-state index contributed by atoms with van der Waals surface area (Å²) in [6, 6.07) is 8.68. The van der Waals surface area contributed by atoms with Gasteiger partial charge in [0, 0.05) is 34.3 Å². The molecule has 3 rings (SSSR count). The quantitative estimate of drug-likeness (QED) is 0.164. The predicted molar refractivity (Wildman–Crippen MR) is 125 cm³/mol. The third kappa shape index (κ3) is 6.36. The molecule has 1 aliphatic rings. The minimum absolute atomic E-state index is 0.163. The normalized spacial score (nSPS) is 13.1. The summed E-state index contributed by atoms with van der Waals surface area (Å²) in [6.07, 6.45) is 0.943. The van der Waals surface area contributed by atoms with Crippen LogP contribution in [0.25, 0.3) is 0 Å². The number of halogens is 1. The van der Waals surface area contributed by atoms with Crippen molar-refractivity contribution in [2.45, 2.75) is 6.42 Å². The first kappa shape index (κ1) is 25.9. The van der Waals surface area contributed by atoms with Crippen LogP contribution in [0.4, 0.5) is 11.4 Å². The van der Waals surface area contributed by atoms with E-state index in [2.05, 4.69) is 46.6 Å². The maximum atomic E-state index is 13.1. The molecule has 0 radical (unpaired) electrons. The molecule has 0 heterocycles. The summed E-state index contributed by atoms with van der Waals surface area (Å²) < 4.78 is 32.5. The Balaban J connectivity index is 0.000000534. The van der Waals surface area contributed by atoms with Crippen LogP contribution in [0.15, 0.2) is 34.8 Å². The number of rotatable bonds is 6. The second-order valence-electron chi connectivity index (χ2n) is 8.14. The van der Waals surface area contributed by atoms with Gasteiger partial charge in [-0.1, -0.05) is 24.3 Å². The number of anilines is 2. The summed E-state index contributed by atoms with van der Waals surface area (Å²) in [5.74, 6) is -0.369. The average molecular weight is 528 g/mol. The van der Waals surface area contributed by atoms with Crippen LogP contribution in [-0.2, 0) is 14.6 Å². The lowest BCUT2D eigenvalue weighted by molar-refractivity contribution is -0.870. The number of carbonyl (C=O) groups excluding carboxylic acids is 2. The number of nitrogens with one attached hydrogen (secondary N) is 1. The summed E-state index contributed by atoms with van der Waals surface area (Å²) in [5.41, 5.74) is 8.61. The van der Waals surface area contributed by atoms with Gasteiger partial charge < -0.3 is 20.1 Å². The number of nitrogens with two attached hydrogens (primary N) is 1. The molecule has 174 valence electrons. The van der Waals surface area contributed by atoms with Gasteiger partial charge in [-0.05, 0) is 22.0 Å². The Kier molecular flexibility index (Phi) is 8.18. The first-order valence-corrected chi connectivity index (χ1v) is 11.8. The largest absolute Gasteiger partial charge is 0.726 e. The Hall–Kier alpha value is -2.31. The van der Waals surface area contributed by atoms with Crippen molar-refractivity contribution in [1.82, 2.24) is 0 Å². The van der Waals surface area contributed by atoms with Crippen molar-refractivity contribution in [3.63, 3.8) is 0 Å². The molecule has 0 saturated carbocycles. The average Bonchev–Trinajstić information content (AvgIpc) is 2.71. The Bertz CT molecular complexity index is 1140. The van der Waals surface area contributed by atoms with Crippen molar-refractivity contribution >= 4 is 49.3 Å². The fraction of sp³-hybridized carbons (Fsp3) is 0.333. The summed E-state index contributed by atoms with van der Waals surface area (Å²) in [5, 5.41) is 3.33. The van der Waals surface area contributed by atoms with Crippen LogP contribution in [0, 0.1) is 0 Å². The van der Waals surface area contributed by atoms with Crippen LogP contribution in [0.3, 0.4) is 0 Å². The number of hydrogen-bond donors (Lipinski definition) is 2. The van der Waals surface area contributed by atoms with Gasteiger partial charge >= 0.3 is 0 Å². The number of quaternary nitrogens is 1. The molecule has 0 aliphatic heterocycles. The molecule has 0 fully saturated rings. The zero-order chi connectivity index (χ0) is 24.3. The molecule has 2 aromatic carbocycles. The molecule has 0 aromatic heterocycles. The number of carbonyl (C=O) groups is 2. The molecule has 0 saturated heterocycles. The van der Waals surface area contributed by atoms with Crippen LogP contribution >= 0.6 is 15.9 Å². The zero-order valence-electron chi connectivity index (χ0n) is 18.3. The zero-order valence-corrected chi connectivity index (χ0v) is 20.7. The first-order chi connectivity index (χ1) is 14.8. The fourth-order valence-corrected chi connectivity index (χ4v) is 3.63. The van der Waals surface area contributed by atoms with Gasteiger partial charge in [-0.2, -0.15) is 0 Å². The van der Waals surface area contributed by atoms with E-state index in [-0.39, 0.29) is 17.1 Å². The molecular weight excluding hydrogens is 502 g/mol. The number of fused-ring (bicyclic) bond motifs is 2. The van der Waals surface area contributed by atoms with E-state index in [0.29, 0.717) is 39.1 Å². The lowest BCUT2D eigenvalue weighted by Gasteiger charge is -2.25. The summed E-state index contributed by atoms with van der Waals surface area (Å²) >= 11 is 3.42. The molecule has 0 amide bonds. The van der Waals surface area contributed by atoms with E-state index in [1.54, 1.807) is 30.3 Å². The molecule has 11 heteroatoms. The second-order valence-corrected chi connectivity index (χ2v) is 10.1. The van der Waals surface area contributed by atoms with Gasteiger partial charge in [0.05, 0.1) is 51.6 Å². The Morgan fingerprint density at radius 1 is 1.09 bits per heavy atom. The lowest BCUT2D eigenvalue weighted by Crippen LogP contribution is -2.36. The van der Waals surface area contributed by atoms with Crippen molar-refractivity contribution in [2.24, 2.45) is 0 Å².